The Balaban J connectivity index is 1.06. The fourth-order valence-corrected chi connectivity index (χ4v) is 6.42. The number of carboxylic acid groups (broad SMARTS) is 1. The summed E-state index contributed by atoms with van der Waals surface area (Å²) in [6.07, 6.45) is 7.02. The Hall–Kier alpha value is -3.48. The molecule has 5 rings (SSSR count). The number of hydrogen-bond donors (Lipinski definition) is 1. The topological polar surface area (TPSA) is 70.1 Å². The van der Waals surface area contributed by atoms with Crippen LogP contribution in [0, 0.1) is 12.8 Å². The molecular weight excluding hydrogens is 524 g/mol. The van der Waals surface area contributed by atoms with Gasteiger partial charge in [0.05, 0.1) is 0 Å². The molecule has 42 heavy (non-hydrogen) atoms. The second-order valence-electron chi connectivity index (χ2n) is 12.0. The van der Waals surface area contributed by atoms with E-state index in [4.69, 9.17) is 9.84 Å². The molecule has 0 amide bonds. The quantitative estimate of drug-likeness (QED) is 0.258. The van der Waals surface area contributed by atoms with Crippen molar-refractivity contribution >= 4 is 11.8 Å². The van der Waals surface area contributed by atoms with E-state index in [9.17, 15) is 9.59 Å². The van der Waals surface area contributed by atoms with Crippen molar-refractivity contribution in [2.75, 3.05) is 32.8 Å². The van der Waals surface area contributed by atoms with Gasteiger partial charge in [-0.15, -0.1) is 0 Å². The molecule has 2 aliphatic heterocycles. The zero-order chi connectivity index (χ0) is 29.3. The number of likely N-dealkylation sites (tertiary alicyclic amines) is 1. The van der Waals surface area contributed by atoms with Crippen LogP contribution in [0.4, 0.5) is 0 Å². The SMILES string of the molecule is Cc1ccccc1CN1CCC(CCCC(=O)c2ccc3c(c2)CCN(Cc2ccccc2OCC(=O)O)CC3)CC1. The number of para-hydroxylation sites is 1. The van der Waals surface area contributed by atoms with Gasteiger partial charge < -0.3 is 9.84 Å². The Morgan fingerprint density at radius 2 is 1.50 bits per heavy atom. The third-order valence-corrected chi connectivity index (χ3v) is 9.02. The van der Waals surface area contributed by atoms with Crippen LogP contribution in [0.1, 0.15) is 70.3 Å². The summed E-state index contributed by atoms with van der Waals surface area (Å²) in [5, 5.41) is 8.99. The van der Waals surface area contributed by atoms with Gasteiger partial charge in [0.1, 0.15) is 5.75 Å². The third kappa shape index (κ3) is 8.30. The largest absolute Gasteiger partial charge is 0.482 e. The van der Waals surface area contributed by atoms with E-state index in [1.54, 1.807) is 0 Å². The second-order valence-corrected chi connectivity index (χ2v) is 12.0. The number of aliphatic carboxylic acids is 1. The number of ketones is 1. The Bertz CT molecular complexity index is 1360. The molecule has 0 spiro atoms. The van der Waals surface area contributed by atoms with Gasteiger partial charge in [-0.1, -0.05) is 54.6 Å². The number of nitrogens with zero attached hydrogens (tertiary/aromatic N) is 2. The molecule has 1 saturated heterocycles. The van der Waals surface area contributed by atoms with Crippen molar-refractivity contribution in [3.63, 3.8) is 0 Å². The monoisotopic (exact) mass is 568 g/mol. The molecule has 1 N–H and O–H groups in total. The highest BCUT2D eigenvalue weighted by Crippen LogP contribution is 2.26. The summed E-state index contributed by atoms with van der Waals surface area (Å²) in [5.41, 5.74) is 7.25. The minimum atomic E-state index is -0.977. The number of Topliss-reactive ketones (excluding diaryl/α,β-unsaturated/α-hetero) is 1. The van der Waals surface area contributed by atoms with E-state index < -0.39 is 5.97 Å². The van der Waals surface area contributed by atoms with Gasteiger partial charge in [0.15, 0.2) is 12.4 Å². The summed E-state index contributed by atoms with van der Waals surface area (Å²) in [6, 6.07) is 22.7. The molecule has 0 aromatic heterocycles. The first-order valence-corrected chi connectivity index (χ1v) is 15.5. The summed E-state index contributed by atoms with van der Waals surface area (Å²) >= 11 is 0. The Labute approximate surface area is 250 Å². The molecule has 0 atom stereocenters. The lowest BCUT2D eigenvalue weighted by molar-refractivity contribution is -0.139. The predicted octanol–water partition coefficient (Wildman–Crippen LogP) is 6.32. The van der Waals surface area contributed by atoms with E-state index in [1.807, 2.05) is 30.3 Å². The number of carbonyl (C=O) groups is 2. The lowest BCUT2D eigenvalue weighted by Gasteiger charge is -2.32. The van der Waals surface area contributed by atoms with E-state index in [0.717, 1.165) is 75.5 Å². The van der Waals surface area contributed by atoms with E-state index in [1.165, 1.54) is 35.1 Å². The normalized spacial score (nSPS) is 16.5. The van der Waals surface area contributed by atoms with Crippen LogP contribution in [-0.2, 0) is 30.7 Å². The van der Waals surface area contributed by atoms with Crippen LogP contribution in [0.2, 0.25) is 0 Å². The maximum atomic E-state index is 13.1. The fraction of sp³-hybridized carbons (Fsp3) is 0.444. The van der Waals surface area contributed by atoms with Crippen molar-refractivity contribution in [3.05, 3.63) is 100 Å². The number of rotatable bonds is 12. The van der Waals surface area contributed by atoms with Crippen LogP contribution >= 0.6 is 0 Å². The van der Waals surface area contributed by atoms with Gasteiger partial charge in [-0.3, -0.25) is 14.6 Å². The molecule has 2 aliphatic rings. The van der Waals surface area contributed by atoms with Crippen molar-refractivity contribution in [1.82, 2.24) is 9.80 Å². The van der Waals surface area contributed by atoms with Gasteiger partial charge in [-0.25, -0.2) is 4.79 Å². The first-order valence-electron chi connectivity index (χ1n) is 15.5. The molecular formula is C36H44N2O4. The number of carbonyl (C=O) groups excluding carboxylic acids is 1. The highest BCUT2D eigenvalue weighted by molar-refractivity contribution is 5.96. The Morgan fingerprint density at radius 1 is 0.833 bits per heavy atom. The molecule has 2 heterocycles. The van der Waals surface area contributed by atoms with Crippen molar-refractivity contribution in [3.8, 4) is 5.75 Å². The minimum Gasteiger partial charge on any atom is -0.482 e. The van der Waals surface area contributed by atoms with Crippen molar-refractivity contribution < 1.29 is 19.4 Å². The van der Waals surface area contributed by atoms with Crippen LogP contribution in [-0.4, -0.2) is 59.4 Å². The number of fused-ring (bicyclic) bond motifs is 1. The Kier molecular flexibility index (Phi) is 10.4. The van der Waals surface area contributed by atoms with Gasteiger partial charge in [-0.2, -0.15) is 0 Å². The molecule has 3 aromatic rings. The molecule has 0 bridgehead atoms. The average molecular weight is 569 g/mol. The number of aryl methyl sites for hydroxylation is 1. The highest BCUT2D eigenvalue weighted by atomic mass is 16.5. The van der Waals surface area contributed by atoms with Gasteiger partial charge in [-0.05, 0) is 98.8 Å². The standard InChI is InChI=1S/C36H44N2O4/c1-27-7-2-3-9-32(27)24-37-19-15-28(16-20-37)8-6-11-34(39)31-14-13-29-17-21-38(22-18-30(29)23-31)25-33-10-4-5-12-35(33)42-26-36(40)41/h2-5,7,9-10,12-14,23,28H,6,8,11,15-22,24-26H2,1H3,(H,40,41). The first kappa shape index (κ1) is 30.0. The van der Waals surface area contributed by atoms with Gasteiger partial charge in [0.25, 0.3) is 0 Å². The van der Waals surface area contributed by atoms with Gasteiger partial charge in [0, 0.05) is 43.7 Å². The summed E-state index contributed by atoms with van der Waals surface area (Å²) in [7, 11) is 0. The maximum Gasteiger partial charge on any atom is 0.341 e. The molecule has 1 fully saturated rings. The van der Waals surface area contributed by atoms with E-state index in [-0.39, 0.29) is 12.4 Å². The number of carboxylic acids is 1. The smallest absolute Gasteiger partial charge is 0.341 e. The number of hydrogen-bond acceptors (Lipinski definition) is 5. The van der Waals surface area contributed by atoms with Gasteiger partial charge in [0.2, 0.25) is 0 Å². The Morgan fingerprint density at radius 3 is 2.26 bits per heavy atom. The minimum absolute atomic E-state index is 0.264. The predicted molar refractivity (Wildman–Crippen MR) is 166 cm³/mol. The lowest BCUT2D eigenvalue weighted by Crippen LogP contribution is -2.33. The molecule has 6 nitrogen and oxygen atoms in total. The molecule has 3 aromatic carbocycles. The number of benzene rings is 3. The second kappa shape index (κ2) is 14.6. The molecule has 6 heteroatoms. The van der Waals surface area contributed by atoms with Crippen LogP contribution in [0.3, 0.4) is 0 Å². The number of ether oxygens (including phenoxy) is 1. The summed E-state index contributed by atoms with van der Waals surface area (Å²) in [6.45, 7) is 7.71. The van der Waals surface area contributed by atoms with Crippen LogP contribution < -0.4 is 4.74 Å². The van der Waals surface area contributed by atoms with Crippen LogP contribution in [0.15, 0.2) is 66.7 Å². The van der Waals surface area contributed by atoms with Crippen molar-refractivity contribution in [2.24, 2.45) is 5.92 Å². The third-order valence-electron chi connectivity index (χ3n) is 9.02. The van der Waals surface area contributed by atoms with E-state index >= 15 is 0 Å². The first-order chi connectivity index (χ1) is 20.4. The summed E-state index contributed by atoms with van der Waals surface area (Å²) < 4.78 is 5.51. The summed E-state index contributed by atoms with van der Waals surface area (Å²) in [4.78, 5) is 29.0. The molecule has 0 saturated carbocycles. The molecule has 0 unspecified atom stereocenters. The van der Waals surface area contributed by atoms with E-state index in [0.29, 0.717) is 18.7 Å². The molecule has 222 valence electrons. The average Bonchev–Trinajstić information content (AvgIpc) is 3.20. The van der Waals surface area contributed by atoms with E-state index in [2.05, 4.69) is 53.1 Å². The zero-order valence-electron chi connectivity index (χ0n) is 24.9. The van der Waals surface area contributed by atoms with Crippen LogP contribution in [0.5, 0.6) is 5.75 Å². The maximum absolute atomic E-state index is 13.1. The lowest BCUT2D eigenvalue weighted by atomic mass is 9.90. The number of piperidine rings is 1. The summed E-state index contributed by atoms with van der Waals surface area (Å²) in [5.74, 6) is 0.640. The van der Waals surface area contributed by atoms with Crippen LogP contribution in [0.25, 0.3) is 0 Å². The van der Waals surface area contributed by atoms with Crippen molar-refractivity contribution in [1.29, 1.82) is 0 Å². The fourth-order valence-electron chi connectivity index (χ4n) is 6.42. The zero-order valence-corrected chi connectivity index (χ0v) is 24.9. The van der Waals surface area contributed by atoms with Gasteiger partial charge >= 0.3 is 5.97 Å². The highest BCUT2D eigenvalue weighted by Gasteiger charge is 2.21. The molecule has 0 aliphatic carbocycles. The van der Waals surface area contributed by atoms with Crippen molar-refractivity contribution in [2.45, 2.75) is 65.0 Å². The molecule has 0 radical (unpaired) electrons.